The van der Waals surface area contributed by atoms with Gasteiger partial charge < -0.3 is 16.3 Å². The molecule has 2 rings (SSSR count). The van der Waals surface area contributed by atoms with Gasteiger partial charge in [0.2, 0.25) is 0 Å². The van der Waals surface area contributed by atoms with E-state index in [9.17, 15) is 0 Å². The Morgan fingerprint density at radius 3 is 2.88 bits per heavy atom. The van der Waals surface area contributed by atoms with Gasteiger partial charge in [0.1, 0.15) is 5.84 Å². The number of thioether (sulfide) groups is 1. The van der Waals surface area contributed by atoms with Gasteiger partial charge >= 0.3 is 0 Å². The van der Waals surface area contributed by atoms with Crippen molar-refractivity contribution in [1.29, 1.82) is 0 Å². The molecule has 0 aromatic rings. The summed E-state index contributed by atoms with van der Waals surface area (Å²) in [6, 6.07) is 0.662. The first-order chi connectivity index (χ1) is 8.19. The minimum atomic E-state index is 0.280. The SMILES string of the molecule is CSC1CCCC1NCC1(CC(N)=NO)CC1. The molecule has 98 valence electrons. The van der Waals surface area contributed by atoms with Crippen LogP contribution >= 0.6 is 11.8 Å². The third kappa shape index (κ3) is 3.28. The number of nitrogens with zero attached hydrogens (tertiary/aromatic N) is 1. The van der Waals surface area contributed by atoms with Crippen molar-refractivity contribution in [2.24, 2.45) is 16.3 Å². The first-order valence-corrected chi connectivity index (χ1v) is 7.70. The molecule has 2 atom stereocenters. The smallest absolute Gasteiger partial charge is 0.139 e. The van der Waals surface area contributed by atoms with E-state index in [1.165, 1.54) is 32.1 Å². The summed E-state index contributed by atoms with van der Waals surface area (Å²) in [6.07, 6.45) is 9.31. The summed E-state index contributed by atoms with van der Waals surface area (Å²) < 4.78 is 0. The van der Waals surface area contributed by atoms with Gasteiger partial charge in [0.15, 0.2) is 0 Å². The van der Waals surface area contributed by atoms with Gasteiger partial charge in [0.05, 0.1) is 0 Å². The van der Waals surface area contributed by atoms with Crippen molar-refractivity contribution >= 4 is 17.6 Å². The van der Waals surface area contributed by atoms with Gasteiger partial charge in [-0.1, -0.05) is 11.6 Å². The number of hydrogen-bond donors (Lipinski definition) is 3. The number of hydrogen-bond acceptors (Lipinski definition) is 4. The maximum absolute atomic E-state index is 8.62. The first-order valence-electron chi connectivity index (χ1n) is 6.42. The van der Waals surface area contributed by atoms with Crippen molar-refractivity contribution < 1.29 is 5.21 Å². The van der Waals surface area contributed by atoms with Gasteiger partial charge in [-0.3, -0.25) is 0 Å². The van der Waals surface area contributed by atoms with Gasteiger partial charge in [0.25, 0.3) is 0 Å². The zero-order chi connectivity index (χ0) is 12.3. The molecule has 2 fully saturated rings. The topological polar surface area (TPSA) is 70.6 Å². The Balaban J connectivity index is 1.78. The van der Waals surface area contributed by atoms with E-state index in [-0.39, 0.29) is 5.41 Å². The van der Waals surface area contributed by atoms with E-state index in [2.05, 4.69) is 16.7 Å². The van der Waals surface area contributed by atoms with Gasteiger partial charge in [-0.05, 0) is 37.4 Å². The van der Waals surface area contributed by atoms with E-state index in [1.807, 2.05) is 11.8 Å². The molecule has 0 bridgehead atoms. The second kappa shape index (κ2) is 5.48. The molecular weight excluding hydrogens is 234 g/mol. The predicted octanol–water partition coefficient (Wildman–Crippen LogP) is 1.78. The fourth-order valence-corrected chi connectivity index (χ4v) is 3.76. The van der Waals surface area contributed by atoms with Crippen LogP contribution < -0.4 is 11.1 Å². The highest BCUT2D eigenvalue weighted by Gasteiger charge is 2.44. The Hall–Kier alpha value is -0.420. The molecule has 0 amide bonds. The van der Waals surface area contributed by atoms with Crippen LogP contribution in [0.15, 0.2) is 5.16 Å². The second-order valence-corrected chi connectivity index (χ2v) is 6.54. The van der Waals surface area contributed by atoms with Crippen molar-refractivity contribution in [2.75, 3.05) is 12.8 Å². The lowest BCUT2D eigenvalue weighted by Crippen LogP contribution is -2.39. The average Bonchev–Trinajstić information content (AvgIpc) is 2.94. The van der Waals surface area contributed by atoms with Crippen LogP contribution in [-0.4, -0.2) is 35.1 Å². The highest BCUT2D eigenvalue weighted by Crippen LogP contribution is 2.48. The van der Waals surface area contributed by atoms with Crippen LogP contribution in [0.2, 0.25) is 0 Å². The fourth-order valence-electron chi connectivity index (χ4n) is 2.80. The fraction of sp³-hybridized carbons (Fsp3) is 0.917. The Morgan fingerprint density at radius 1 is 1.53 bits per heavy atom. The normalized spacial score (nSPS) is 31.7. The van der Waals surface area contributed by atoms with E-state index in [0.717, 1.165) is 18.2 Å². The predicted molar refractivity (Wildman–Crippen MR) is 72.6 cm³/mol. The van der Waals surface area contributed by atoms with Crippen molar-refractivity contribution in [3.05, 3.63) is 0 Å². The summed E-state index contributed by atoms with van der Waals surface area (Å²) in [5, 5.41) is 16.2. The molecule has 0 heterocycles. The van der Waals surface area contributed by atoms with Gasteiger partial charge in [-0.15, -0.1) is 0 Å². The quantitative estimate of drug-likeness (QED) is 0.293. The summed E-state index contributed by atoms with van der Waals surface area (Å²) in [7, 11) is 0. The third-order valence-electron chi connectivity index (χ3n) is 4.14. The monoisotopic (exact) mass is 257 g/mol. The molecule has 0 radical (unpaired) electrons. The Morgan fingerprint density at radius 2 is 2.29 bits per heavy atom. The van der Waals surface area contributed by atoms with E-state index < -0.39 is 0 Å². The minimum Gasteiger partial charge on any atom is -0.409 e. The molecule has 17 heavy (non-hydrogen) atoms. The summed E-state index contributed by atoms with van der Waals surface area (Å²) in [5.41, 5.74) is 5.88. The van der Waals surface area contributed by atoms with Crippen LogP contribution in [0.25, 0.3) is 0 Å². The number of rotatable bonds is 6. The Kier molecular flexibility index (Phi) is 4.20. The number of nitrogens with one attached hydrogen (secondary N) is 1. The highest BCUT2D eigenvalue weighted by molar-refractivity contribution is 7.99. The van der Waals surface area contributed by atoms with Crippen LogP contribution in [0.4, 0.5) is 0 Å². The number of nitrogens with two attached hydrogens (primary N) is 1. The van der Waals surface area contributed by atoms with Gasteiger partial charge in [-0.25, -0.2) is 0 Å². The number of oxime groups is 1. The molecule has 4 nitrogen and oxygen atoms in total. The summed E-state index contributed by atoms with van der Waals surface area (Å²) in [4.78, 5) is 0. The highest BCUT2D eigenvalue weighted by atomic mass is 32.2. The van der Waals surface area contributed by atoms with Crippen LogP contribution in [0.5, 0.6) is 0 Å². The third-order valence-corrected chi connectivity index (χ3v) is 5.31. The standard InChI is InChI=1S/C12H23N3OS/c1-17-10-4-2-3-9(10)14-8-12(5-6-12)7-11(13)15-16/h9-10,14,16H,2-8H2,1H3,(H2,13,15). The van der Waals surface area contributed by atoms with Gasteiger partial charge in [-0.2, -0.15) is 11.8 Å². The molecule has 0 saturated heterocycles. The summed E-state index contributed by atoms with van der Waals surface area (Å²) in [5.74, 6) is 0.372. The molecule has 0 aromatic carbocycles. The zero-order valence-electron chi connectivity index (χ0n) is 10.5. The maximum atomic E-state index is 8.62. The lowest BCUT2D eigenvalue weighted by Gasteiger charge is -2.23. The Bertz CT molecular complexity index is 291. The molecule has 0 aliphatic heterocycles. The molecule has 2 aliphatic carbocycles. The van der Waals surface area contributed by atoms with E-state index in [1.54, 1.807) is 0 Å². The molecule has 2 saturated carbocycles. The summed E-state index contributed by atoms with van der Waals surface area (Å²) in [6.45, 7) is 1.02. The molecule has 4 N–H and O–H groups in total. The van der Waals surface area contributed by atoms with Gasteiger partial charge in [0, 0.05) is 24.3 Å². The van der Waals surface area contributed by atoms with E-state index in [4.69, 9.17) is 10.9 Å². The first kappa shape index (κ1) is 13.0. The lowest BCUT2D eigenvalue weighted by atomic mass is 10.0. The van der Waals surface area contributed by atoms with Crippen molar-refractivity contribution in [2.45, 2.75) is 49.8 Å². The molecule has 2 aliphatic rings. The largest absolute Gasteiger partial charge is 0.409 e. The Labute approximate surface area is 107 Å². The van der Waals surface area contributed by atoms with Crippen LogP contribution in [-0.2, 0) is 0 Å². The average molecular weight is 257 g/mol. The molecule has 0 aromatic heterocycles. The lowest BCUT2D eigenvalue weighted by molar-refractivity contribution is 0.313. The minimum absolute atomic E-state index is 0.280. The molecule has 5 heteroatoms. The van der Waals surface area contributed by atoms with Crippen molar-refractivity contribution in [3.8, 4) is 0 Å². The molecule has 0 spiro atoms. The van der Waals surface area contributed by atoms with E-state index >= 15 is 0 Å². The molecule has 2 unspecified atom stereocenters. The number of amidine groups is 1. The second-order valence-electron chi connectivity index (χ2n) is 5.46. The van der Waals surface area contributed by atoms with Crippen LogP contribution in [0, 0.1) is 5.41 Å². The van der Waals surface area contributed by atoms with Crippen LogP contribution in [0.3, 0.4) is 0 Å². The molecular formula is C12H23N3OS. The van der Waals surface area contributed by atoms with Crippen molar-refractivity contribution in [1.82, 2.24) is 5.32 Å². The zero-order valence-corrected chi connectivity index (χ0v) is 11.3. The van der Waals surface area contributed by atoms with Crippen LogP contribution in [0.1, 0.15) is 38.5 Å². The van der Waals surface area contributed by atoms with E-state index in [0.29, 0.717) is 11.9 Å². The van der Waals surface area contributed by atoms with Crippen molar-refractivity contribution in [3.63, 3.8) is 0 Å². The summed E-state index contributed by atoms with van der Waals surface area (Å²) >= 11 is 1.98. The maximum Gasteiger partial charge on any atom is 0.139 e.